The highest BCUT2D eigenvalue weighted by Crippen LogP contribution is 2.56. The number of unbranched alkanes of at least 4 members (excludes halogenated alkanes) is 21. The first-order valence-corrected chi connectivity index (χ1v) is 80.8. The maximum Gasteiger partial charge on any atom is 0.266 e. The van der Waals surface area contributed by atoms with Crippen molar-refractivity contribution < 1.29 is 37.0 Å². The van der Waals surface area contributed by atoms with E-state index in [-0.39, 0.29) is 45.0 Å². The van der Waals surface area contributed by atoms with Crippen molar-refractivity contribution in [2.24, 2.45) is 11.8 Å². The molecule has 0 aliphatic carbocycles. The number of rotatable bonds is 63. The van der Waals surface area contributed by atoms with Crippen LogP contribution < -0.4 is 20.7 Å². The van der Waals surface area contributed by atoms with E-state index >= 15 is 19.2 Å². The highest BCUT2D eigenvalue weighted by atomic mass is 32.2. The van der Waals surface area contributed by atoms with E-state index in [1.165, 1.54) is 172 Å². The molecule has 796 valence electrons. The van der Waals surface area contributed by atoms with E-state index in [0.29, 0.717) is 91.8 Å². The van der Waals surface area contributed by atoms with E-state index < -0.39 is 55.2 Å². The zero-order valence-electron chi connectivity index (χ0n) is 89.9. The Hall–Kier alpha value is -5.60. The molecule has 2 saturated heterocycles. The van der Waals surface area contributed by atoms with Gasteiger partial charge in [0.15, 0.2) is 18.1 Å². The molecule has 9 aromatic rings. The fourth-order valence-electron chi connectivity index (χ4n) is 23.0. The van der Waals surface area contributed by atoms with Gasteiger partial charge in [-0.15, -0.1) is 90.7 Å². The van der Waals surface area contributed by atoms with Crippen molar-refractivity contribution >= 4 is 303 Å². The molecule has 0 radical (unpaired) electrons. The van der Waals surface area contributed by atoms with Crippen molar-refractivity contribution in [3.8, 4) is 59.9 Å². The van der Waals surface area contributed by atoms with Gasteiger partial charge in [-0.3, -0.25) is 38.6 Å². The summed E-state index contributed by atoms with van der Waals surface area (Å²) in [6.45, 7) is 31.2. The van der Waals surface area contributed by atoms with Crippen LogP contribution in [-0.4, -0.2) is 177 Å². The van der Waals surface area contributed by atoms with Crippen LogP contribution in [0.5, 0.6) is 0 Å². The summed E-state index contributed by atoms with van der Waals surface area (Å²) in [5.74, 6) is 0.946. The van der Waals surface area contributed by atoms with Crippen LogP contribution in [0.25, 0.3) is 94.8 Å². The standard InChI is InChI=1S/C116H154N6O8S12Si7/c1-13-20-25-28-30-36-62-121-109(123)93(141-115(121)131)67-77-46-48-81(133-77)83-50-54-87(135-83)103-99-101(113(127)119(103)60-39-33-42-65-145-129-144-9)105(117(111(99)125)58-35-27-22-15-3)89-56-52-85(137-89)91-71-97-107(139-91)79-69-96-80(70-95(79)148(97)73-75(18-6)44-23-16-4)108-98(149(96)74-76(19-7)45-24-17-5)72-92(140-108)86-53-57-90(138-86)106-102-100(112(126)118(106)59-38-32-41-64-143-8)104(120(114(102)128)61-40-34-43-66-147(12)130-146(10)11)88-55-51-84(136-88)82-49-47-78(134-82)68-94-110(124)122(116(132)142-94)63-37-31-29-26-21-14-2/h46-57,67-72,75-76,146-149H,13-45,58-66,73-74,143-145H2,1-12H3/b93-67-,94-68-. The fraction of sp³-hybridized carbons (Fsp3) is 0.500. The predicted molar refractivity (Wildman–Crippen MR) is 677 cm³/mol. The van der Waals surface area contributed by atoms with Crippen LogP contribution in [0.15, 0.2) is 129 Å². The van der Waals surface area contributed by atoms with E-state index in [2.05, 4.69) is 178 Å². The summed E-state index contributed by atoms with van der Waals surface area (Å²) in [6.07, 6.45) is 40.2. The Morgan fingerprint density at radius 2 is 0.671 bits per heavy atom. The molecule has 0 spiro atoms. The maximum absolute atomic E-state index is 16.2. The largest absolute Gasteiger partial charge is 0.465 e. The monoisotopic (exact) mass is 2340 g/mol. The van der Waals surface area contributed by atoms with Crippen LogP contribution in [0, 0.1) is 11.8 Å². The van der Waals surface area contributed by atoms with E-state index in [0.717, 1.165) is 206 Å². The van der Waals surface area contributed by atoms with Gasteiger partial charge < -0.3 is 27.8 Å². The number of hydrogen-bond donors (Lipinski definition) is 0. The third-order valence-corrected chi connectivity index (χ3v) is 61.0. The van der Waals surface area contributed by atoms with Crippen LogP contribution >= 0.6 is 139 Å². The van der Waals surface area contributed by atoms with Gasteiger partial charge in [-0.25, -0.2) is 0 Å². The summed E-state index contributed by atoms with van der Waals surface area (Å²) in [5.41, 5.74) is 8.23. The Balaban J connectivity index is 0.703. The minimum Gasteiger partial charge on any atom is -0.465 e. The molecule has 0 bridgehead atoms. The average molecular weight is 2340 g/mol. The first-order valence-electron chi connectivity index (χ1n) is 56.7. The van der Waals surface area contributed by atoms with E-state index in [9.17, 15) is 9.59 Å². The summed E-state index contributed by atoms with van der Waals surface area (Å²) < 4.78 is 13.8. The van der Waals surface area contributed by atoms with Gasteiger partial charge in [-0.2, -0.15) is 0 Å². The summed E-state index contributed by atoms with van der Waals surface area (Å²) in [6, 6.07) is 42.9. The molecule has 33 heteroatoms. The first-order chi connectivity index (χ1) is 72.6. The minimum atomic E-state index is -1.87. The van der Waals surface area contributed by atoms with Gasteiger partial charge in [-0.05, 0) is 223 Å². The molecule has 2 fully saturated rings. The lowest BCUT2D eigenvalue weighted by Gasteiger charge is -2.24. The second-order valence-electron chi connectivity index (χ2n) is 42.1. The third-order valence-electron chi connectivity index (χ3n) is 31.0. The summed E-state index contributed by atoms with van der Waals surface area (Å²) >= 11 is 28.5. The Kier molecular flexibility index (Phi) is 42.3. The molecule has 0 N–H and O–H groups in total. The molecule has 0 saturated carbocycles. The van der Waals surface area contributed by atoms with Gasteiger partial charge in [0.1, 0.15) is 45.8 Å². The molecule has 8 aliphatic heterocycles. The van der Waals surface area contributed by atoms with Gasteiger partial charge in [-0.1, -0.05) is 301 Å². The lowest BCUT2D eigenvalue weighted by molar-refractivity contribution is -0.124. The maximum atomic E-state index is 16.2. The molecule has 17 rings (SSSR count). The summed E-state index contributed by atoms with van der Waals surface area (Å²) in [5, 5.41) is 6.39. The molecular formula is C116H154N6O8S12Si7. The Bertz CT molecular complexity index is 6500. The number of thioether (sulfide) groups is 2. The van der Waals surface area contributed by atoms with Crippen LogP contribution in [0.3, 0.4) is 0 Å². The second-order valence-corrected chi connectivity index (χ2v) is 70.2. The van der Waals surface area contributed by atoms with Crippen molar-refractivity contribution in [2.45, 2.75) is 323 Å². The number of nitrogens with zero attached hydrogens (tertiary/aromatic N) is 6. The number of thiophene rings is 8. The van der Waals surface area contributed by atoms with E-state index in [4.69, 9.17) is 32.7 Å². The zero-order chi connectivity index (χ0) is 104. The number of carbonyl (C=O) groups is 6. The number of thiocarbonyl (C=S) groups is 2. The minimum absolute atomic E-state index is 0.00589. The lowest BCUT2D eigenvalue weighted by Crippen LogP contribution is -2.41. The molecule has 5 atom stereocenters. The van der Waals surface area contributed by atoms with Gasteiger partial charge in [0.25, 0.3) is 35.4 Å². The van der Waals surface area contributed by atoms with E-state index in [1.807, 2.05) is 54.4 Å². The van der Waals surface area contributed by atoms with Crippen LogP contribution in [0.2, 0.25) is 63.0 Å². The Morgan fingerprint density at radius 3 is 1.03 bits per heavy atom. The van der Waals surface area contributed by atoms with Crippen molar-refractivity contribution in [1.29, 1.82) is 0 Å². The normalized spacial score (nSPS) is 18.0. The highest BCUT2D eigenvalue weighted by molar-refractivity contribution is 8.27. The molecule has 149 heavy (non-hydrogen) atoms. The number of hydrogen-bond acceptors (Lipinski definition) is 20. The lowest BCUT2D eigenvalue weighted by atomic mass is 10.0. The smallest absolute Gasteiger partial charge is 0.266 e. The quantitative estimate of drug-likeness (QED) is 0.0155. The molecule has 14 nitrogen and oxygen atoms in total. The number of carbonyl (C=O) groups excluding carboxylic acids is 6. The second kappa shape index (κ2) is 55.1. The Morgan fingerprint density at radius 1 is 0.349 bits per heavy atom. The number of benzene rings is 1. The molecule has 1 aromatic carbocycles. The third kappa shape index (κ3) is 26.3. The number of fused-ring (bicyclic) bond motifs is 8. The molecule has 16 heterocycles. The Labute approximate surface area is 952 Å². The van der Waals surface area contributed by atoms with Gasteiger partial charge in [0.05, 0.1) is 74.4 Å². The van der Waals surface area contributed by atoms with Crippen LogP contribution in [0.1, 0.15) is 290 Å². The topological polar surface area (TPSA) is 140 Å². The molecule has 8 aliphatic rings. The molecular weight excluding hydrogens is 2190 g/mol. The van der Waals surface area contributed by atoms with Crippen molar-refractivity contribution in [2.75, 3.05) is 39.3 Å². The SMILES string of the molecule is CCCCCCCCN1C(=O)/C(=C/c2ccc(-c3ccc(C4=C5C(=O)N(CCCCCC)C(c6ccc(-c7cc8c(s7)-c7cc9c(cc7[SiH]8CC(CC)CCCC)-c7sc(-c8ccc(C%10=C%11C(=O)N(CCCCC[SiH](C)O[SiH](C)C)C(c%12ccc(-c%13ccc(/C=C%14\SC(=S)N(CCCCCCCC)C%14=O)s%13)s%12)=C%11C(=O)N%10CCCCC[SiH2]C)s8)cc7[SiH]9CC(CC)CCCC)s6)=C5C(=O)N4CCCCC[SiH2]O[SiH2]C)s3)s2)SC1=S. The van der Waals surface area contributed by atoms with Crippen molar-refractivity contribution in [3.05, 3.63) is 158 Å². The predicted octanol–water partition coefficient (Wildman–Crippen LogP) is 28.4. The molecule has 8 aromatic heterocycles. The van der Waals surface area contributed by atoms with Gasteiger partial charge in [0, 0.05) is 107 Å². The van der Waals surface area contributed by atoms with Crippen molar-refractivity contribution in [3.63, 3.8) is 0 Å². The van der Waals surface area contributed by atoms with Crippen molar-refractivity contribution in [1.82, 2.24) is 29.4 Å². The average Bonchev–Trinajstić information content (AvgIpc) is 1.55. The fourth-order valence-corrected chi connectivity index (χ4v) is 52.4. The number of amides is 6. The van der Waals surface area contributed by atoms with E-state index in [1.54, 1.807) is 98.6 Å². The van der Waals surface area contributed by atoms with Gasteiger partial charge >= 0.3 is 0 Å². The van der Waals surface area contributed by atoms with Gasteiger partial charge in [0.2, 0.25) is 0 Å². The molecule has 6 amide bonds. The van der Waals surface area contributed by atoms with Crippen LogP contribution in [-0.2, 0) is 37.0 Å². The zero-order valence-corrected chi connectivity index (χ0v) is 109. The summed E-state index contributed by atoms with van der Waals surface area (Å²) in [7, 11) is -7.24. The highest BCUT2D eigenvalue weighted by Gasteiger charge is 2.53. The van der Waals surface area contributed by atoms with Crippen LogP contribution in [0.4, 0.5) is 0 Å². The molecule has 5 unspecified atom stereocenters. The first kappa shape index (κ1) is 114. The summed E-state index contributed by atoms with van der Waals surface area (Å²) in [4.78, 5) is 123.